The van der Waals surface area contributed by atoms with Crippen LogP contribution in [0.25, 0.3) is 6.08 Å². The Balaban J connectivity index is 1.74. The van der Waals surface area contributed by atoms with Crippen molar-refractivity contribution in [1.29, 1.82) is 0 Å². The Morgan fingerprint density at radius 2 is 2.08 bits per heavy atom. The van der Waals surface area contributed by atoms with E-state index in [2.05, 4.69) is 16.5 Å². The van der Waals surface area contributed by atoms with Crippen LogP contribution in [0.1, 0.15) is 24.8 Å². The van der Waals surface area contributed by atoms with Crippen molar-refractivity contribution in [2.45, 2.75) is 19.3 Å². The Morgan fingerprint density at radius 3 is 2.80 bits per heavy atom. The molecular formula is C19H22N2O3S. The molecule has 132 valence electrons. The van der Waals surface area contributed by atoms with Crippen molar-refractivity contribution in [2.75, 3.05) is 26.8 Å². The van der Waals surface area contributed by atoms with Gasteiger partial charge < -0.3 is 14.4 Å². The lowest BCUT2D eigenvalue weighted by atomic mass is 10.1. The summed E-state index contributed by atoms with van der Waals surface area (Å²) in [5.74, 6) is 1.11. The highest BCUT2D eigenvalue weighted by Gasteiger charge is 2.26. The number of carbonyl (C=O) groups is 1. The fraction of sp³-hybridized carbons (Fsp3) is 0.368. The molecule has 0 N–H and O–H groups in total. The van der Waals surface area contributed by atoms with Crippen LogP contribution in [0, 0.1) is 0 Å². The van der Waals surface area contributed by atoms with E-state index in [0.29, 0.717) is 23.0 Å². The van der Waals surface area contributed by atoms with Gasteiger partial charge in [-0.15, -0.1) is 0 Å². The van der Waals surface area contributed by atoms with Crippen LogP contribution in [0.15, 0.2) is 40.8 Å². The van der Waals surface area contributed by atoms with E-state index in [4.69, 9.17) is 9.47 Å². The predicted molar refractivity (Wildman–Crippen MR) is 102 cm³/mol. The van der Waals surface area contributed by atoms with Gasteiger partial charge in [-0.2, -0.15) is 4.99 Å². The topological polar surface area (TPSA) is 51.1 Å². The molecule has 1 fully saturated rings. The van der Waals surface area contributed by atoms with E-state index in [-0.39, 0.29) is 5.91 Å². The molecule has 0 radical (unpaired) electrons. The molecule has 0 aromatic heterocycles. The number of nitrogens with zero attached hydrogens (tertiary/aromatic N) is 2. The molecule has 1 aromatic carbocycles. The van der Waals surface area contributed by atoms with Crippen molar-refractivity contribution in [3.05, 3.63) is 41.3 Å². The molecule has 25 heavy (non-hydrogen) atoms. The summed E-state index contributed by atoms with van der Waals surface area (Å²) in [7, 11) is 1.60. The number of likely N-dealkylation sites (tertiary alicyclic amines) is 1. The van der Waals surface area contributed by atoms with Crippen LogP contribution in [0.4, 0.5) is 0 Å². The molecule has 2 aliphatic heterocycles. The number of methoxy groups -OCH3 is 1. The van der Waals surface area contributed by atoms with Crippen LogP contribution >= 0.6 is 11.8 Å². The van der Waals surface area contributed by atoms with E-state index in [9.17, 15) is 4.79 Å². The van der Waals surface area contributed by atoms with E-state index in [0.717, 1.165) is 36.7 Å². The Kier molecular flexibility index (Phi) is 5.81. The lowest BCUT2D eigenvalue weighted by Crippen LogP contribution is -2.33. The second-order valence-electron chi connectivity index (χ2n) is 5.87. The number of carbonyl (C=O) groups excluding carboxylic acids is 1. The van der Waals surface area contributed by atoms with Gasteiger partial charge >= 0.3 is 0 Å². The summed E-state index contributed by atoms with van der Waals surface area (Å²) in [6.45, 7) is 6.02. The van der Waals surface area contributed by atoms with Gasteiger partial charge in [-0.05, 0) is 54.8 Å². The van der Waals surface area contributed by atoms with Gasteiger partial charge in [-0.25, -0.2) is 0 Å². The van der Waals surface area contributed by atoms with Crippen LogP contribution in [0.5, 0.6) is 11.5 Å². The van der Waals surface area contributed by atoms with Gasteiger partial charge in [0.2, 0.25) is 0 Å². The molecule has 1 saturated heterocycles. The third kappa shape index (κ3) is 4.25. The summed E-state index contributed by atoms with van der Waals surface area (Å²) in [5, 5.41) is 0.828. The number of rotatable bonds is 5. The van der Waals surface area contributed by atoms with Gasteiger partial charge in [0.1, 0.15) is 6.61 Å². The molecule has 0 bridgehead atoms. The highest BCUT2D eigenvalue weighted by atomic mass is 32.2. The average molecular weight is 358 g/mol. The van der Waals surface area contributed by atoms with Crippen LogP contribution in [0.2, 0.25) is 0 Å². The summed E-state index contributed by atoms with van der Waals surface area (Å²) in [4.78, 5) is 19.3. The average Bonchev–Trinajstić information content (AvgIpc) is 3.02. The van der Waals surface area contributed by atoms with E-state index < -0.39 is 0 Å². The summed E-state index contributed by atoms with van der Waals surface area (Å²) in [6, 6.07) is 5.60. The van der Waals surface area contributed by atoms with Crippen molar-refractivity contribution < 1.29 is 14.3 Å². The minimum atomic E-state index is -0.170. The number of thioether (sulfide) groups is 1. The first-order valence-electron chi connectivity index (χ1n) is 8.40. The number of piperidine rings is 1. The molecule has 3 rings (SSSR count). The Morgan fingerprint density at radius 1 is 1.28 bits per heavy atom. The lowest BCUT2D eigenvalue weighted by molar-refractivity contribution is -0.113. The lowest BCUT2D eigenvalue weighted by Gasteiger charge is -2.27. The fourth-order valence-electron chi connectivity index (χ4n) is 2.81. The highest BCUT2D eigenvalue weighted by Crippen LogP contribution is 2.34. The molecule has 0 aliphatic carbocycles. The largest absolute Gasteiger partial charge is 0.493 e. The van der Waals surface area contributed by atoms with E-state index >= 15 is 0 Å². The molecule has 0 atom stereocenters. The first kappa shape index (κ1) is 17.6. The number of hydrogen-bond donors (Lipinski definition) is 0. The molecule has 1 aromatic rings. The molecule has 2 heterocycles. The standard InChI is InChI=1S/C19H22N2O3S/c1-3-11-24-15-8-7-14(12-16(15)23-2)13-17-18(22)20-19(25-17)21-9-5-4-6-10-21/h3,7-8,12-13H,1,4-6,9-11H2,2H3. The van der Waals surface area contributed by atoms with Crippen LogP contribution in [-0.2, 0) is 4.79 Å². The summed E-state index contributed by atoms with van der Waals surface area (Å²) in [5.41, 5.74) is 0.883. The maximum atomic E-state index is 12.2. The number of hydrogen-bond acceptors (Lipinski definition) is 5. The fourth-order valence-corrected chi connectivity index (χ4v) is 3.78. The number of amidine groups is 1. The maximum absolute atomic E-state index is 12.2. The normalized spacial score (nSPS) is 19.1. The van der Waals surface area contributed by atoms with Crippen LogP contribution in [-0.4, -0.2) is 42.8 Å². The highest BCUT2D eigenvalue weighted by molar-refractivity contribution is 8.18. The third-order valence-corrected chi connectivity index (χ3v) is 5.12. The Hall–Kier alpha value is -2.21. The zero-order chi connectivity index (χ0) is 17.6. The van der Waals surface area contributed by atoms with Gasteiger partial charge in [0.25, 0.3) is 5.91 Å². The molecule has 1 amide bonds. The van der Waals surface area contributed by atoms with Gasteiger partial charge in [0.15, 0.2) is 16.7 Å². The van der Waals surface area contributed by atoms with Crippen molar-refractivity contribution in [2.24, 2.45) is 4.99 Å². The molecule has 0 spiro atoms. The van der Waals surface area contributed by atoms with Crippen molar-refractivity contribution >= 4 is 28.9 Å². The smallest absolute Gasteiger partial charge is 0.286 e. The minimum absolute atomic E-state index is 0.170. The number of ether oxygens (including phenoxy) is 2. The molecule has 0 saturated carbocycles. The maximum Gasteiger partial charge on any atom is 0.286 e. The number of amides is 1. The summed E-state index contributed by atoms with van der Waals surface area (Å²) >= 11 is 1.45. The summed E-state index contributed by atoms with van der Waals surface area (Å²) < 4.78 is 10.9. The molecule has 2 aliphatic rings. The van der Waals surface area contributed by atoms with Gasteiger partial charge in [-0.3, -0.25) is 4.79 Å². The quantitative estimate of drug-likeness (QED) is 0.593. The Labute approximate surface area is 152 Å². The second kappa shape index (κ2) is 8.25. The second-order valence-corrected chi connectivity index (χ2v) is 6.88. The number of aliphatic imine (C=N–C) groups is 1. The summed E-state index contributed by atoms with van der Waals surface area (Å²) in [6.07, 6.45) is 7.12. The van der Waals surface area contributed by atoms with Crippen molar-refractivity contribution in [3.63, 3.8) is 0 Å². The first-order valence-corrected chi connectivity index (χ1v) is 9.22. The van der Waals surface area contributed by atoms with Crippen LogP contribution in [0.3, 0.4) is 0 Å². The third-order valence-electron chi connectivity index (χ3n) is 4.08. The predicted octanol–water partition coefficient (Wildman–Crippen LogP) is 3.72. The number of benzene rings is 1. The molecule has 5 nitrogen and oxygen atoms in total. The van der Waals surface area contributed by atoms with Gasteiger partial charge in [-0.1, -0.05) is 18.7 Å². The van der Waals surface area contributed by atoms with Gasteiger partial charge in [0.05, 0.1) is 12.0 Å². The van der Waals surface area contributed by atoms with Crippen molar-refractivity contribution in [3.8, 4) is 11.5 Å². The zero-order valence-electron chi connectivity index (χ0n) is 14.4. The van der Waals surface area contributed by atoms with E-state index in [1.165, 1.54) is 18.2 Å². The Bertz CT molecular complexity index is 721. The molecule has 0 unspecified atom stereocenters. The van der Waals surface area contributed by atoms with E-state index in [1.807, 2.05) is 24.3 Å². The molecular weight excluding hydrogens is 336 g/mol. The van der Waals surface area contributed by atoms with Gasteiger partial charge in [0, 0.05) is 13.1 Å². The van der Waals surface area contributed by atoms with Crippen molar-refractivity contribution in [1.82, 2.24) is 4.90 Å². The SMILES string of the molecule is C=CCOc1ccc(C=C2SC(N3CCCCC3)=NC2=O)cc1OC. The first-order chi connectivity index (χ1) is 12.2. The minimum Gasteiger partial charge on any atom is -0.493 e. The van der Waals surface area contributed by atoms with Crippen LogP contribution < -0.4 is 9.47 Å². The molecule has 6 heteroatoms. The zero-order valence-corrected chi connectivity index (χ0v) is 15.2. The van der Waals surface area contributed by atoms with E-state index in [1.54, 1.807) is 13.2 Å². The monoisotopic (exact) mass is 358 g/mol.